The fraction of sp³-hybridized carbons (Fsp3) is 0.462. The number of hydrogen-bond donors (Lipinski definition) is 2. The molecule has 112 valence electrons. The summed E-state index contributed by atoms with van der Waals surface area (Å²) < 4.78 is 25.9. The molecule has 0 bridgehead atoms. The quantitative estimate of drug-likeness (QED) is 0.798. The molecule has 0 aliphatic heterocycles. The number of rotatable bonds is 6. The first kappa shape index (κ1) is 16.6. The van der Waals surface area contributed by atoms with Crippen molar-refractivity contribution >= 4 is 15.9 Å². The Morgan fingerprint density at radius 1 is 1.40 bits per heavy atom. The lowest BCUT2D eigenvalue weighted by Crippen LogP contribution is -2.33. The summed E-state index contributed by atoms with van der Waals surface area (Å²) in [5.41, 5.74) is 0.247. The van der Waals surface area contributed by atoms with Gasteiger partial charge in [0.05, 0.1) is 11.5 Å². The van der Waals surface area contributed by atoms with E-state index < -0.39 is 15.9 Å². The summed E-state index contributed by atoms with van der Waals surface area (Å²) in [5.74, 6) is -0.414. The standard InChI is InChI=1S/C13H20N2O4S/c1-10(2)15(3)20(18,19)12-6-4-5-11(9-12)13(17)14-7-8-16/h4-6,9-10,16H,7-8H2,1-3H3,(H,14,17). The van der Waals surface area contributed by atoms with Crippen LogP contribution in [0.3, 0.4) is 0 Å². The van der Waals surface area contributed by atoms with Crippen LogP contribution in [0.4, 0.5) is 0 Å². The first-order chi connectivity index (χ1) is 9.30. The Bertz CT molecular complexity index is 569. The molecule has 0 aliphatic rings. The van der Waals surface area contributed by atoms with E-state index in [9.17, 15) is 13.2 Å². The molecule has 1 rings (SSSR count). The van der Waals surface area contributed by atoms with Crippen molar-refractivity contribution in [1.82, 2.24) is 9.62 Å². The van der Waals surface area contributed by atoms with Gasteiger partial charge in [-0.05, 0) is 32.0 Å². The number of carbonyl (C=O) groups is 1. The summed E-state index contributed by atoms with van der Waals surface area (Å²) in [5, 5.41) is 11.1. The average molecular weight is 300 g/mol. The van der Waals surface area contributed by atoms with E-state index in [-0.39, 0.29) is 29.7 Å². The van der Waals surface area contributed by atoms with Gasteiger partial charge in [-0.3, -0.25) is 4.79 Å². The van der Waals surface area contributed by atoms with E-state index in [2.05, 4.69) is 5.32 Å². The fourth-order valence-corrected chi connectivity index (χ4v) is 2.93. The van der Waals surface area contributed by atoms with Crippen LogP contribution >= 0.6 is 0 Å². The third kappa shape index (κ3) is 3.78. The highest BCUT2D eigenvalue weighted by Crippen LogP contribution is 2.17. The maximum absolute atomic E-state index is 12.3. The number of nitrogens with zero attached hydrogens (tertiary/aromatic N) is 1. The highest BCUT2D eigenvalue weighted by Gasteiger charge is 2.23. The lowest BCUT2D eigenvalue weighted by Gasteiger charge is -2.21. The molecule has 6 nitrogen and oxygen atoms in total. The molecule has 1 aromatic rings. The van der Waals surface area contributed by atoms with E-state index in [1.54, 1.807) is 13.8 Å². The maximum Gasteiger partial charge on any atom is 0.251 e. The minimum atomic E-state index is -3.61. The van der Waals surface area contributed by atoms with Crippen LogP contribution in [0.5, 0.6) is 0 Å². The second-order valence-electron chi connectivity index (χ2n) is 4.62. The van der Waals surface area contributed by atoms with Crippen molar-refractivity contribution in [2.45, 2.75) is 24.8 Å². The number of hydrogen-bond acceptors (Lipinski definition) is 4. The minimum Gasteiger partial charge on any atom is -0.395 e. The zero-order valence-electron chi connectivity index (χ0n) is 11.8. The van der Waals surface area contributed by atoms with Crippen LogP contribution in [0.25, 0.3) is 0 Å². The molecular weight excluding hydrogens is 280 g/mol. The van der Waals surface area contributed by atoms with Crippen molar-refractivity contribution in [2.75, 3.05) is 20.2 Å². The lowest BCUT2D eigenvalue weighted by atomic mass is 10.2. The monoisotopic (exact) mass is 300 g/mol. The molecule has 0 heterocycles. The molecule has 7 heteroatoms. The van der Waals surface area contributed by atoms with Crippen molar-refractivity contribution in [2.24, 2.45) is 0 Å². The minimum absolute atomic E-state index is 0.0744. The Balaban J connectivity index is 3.07. The van der Waals surface area contributed by atoms with E-state index in [1.807, 2.05) is 0 Å². The van der Waals surface area contributed by atoms with Crippen molar-refractivity contribution < 1.29 is 18.3 Å². The zero-order chi connectivity index (χ0) is 15.3. The Hall–Kier alpha value is -1.44. The summed E-state index contributed by atoms with van der Waals surface area (Å²) in [6, 6.07) is 5.67. The highest BCUT2D eigenvalue weighted by atomic mass is 32.2. The van der Waals surface area contributed by atoms with Crippen molar-refractivity contribution in [1.29, 1.82) is 0 Å². The van der Waals surface area contributed by atoms with Crippen LogP contribution in [-0.2, 0) is 10.0 Å². The van der Waals surface area contributed by atoms with Gasteiger partial charge in [0.15, 0.2) is 0 Å². The number of amides is 1. The van der Waals surface area contributed by atoms with E-state index in [1.165, 1.54) is 35.6 Å². The number of aliphatic hydroxyl groups excluding tert-OH is 1. The third-order valence-electron chi connectivity index (χ3n) is 2.90. The third-order valence-corrected chi connectivity index (χ3v) is 4.93. The van der Waals surface area contributed by atoms with E-state index >= 15 is 0 Å². The smallest absolute Gasteiger partial charge is 0.251 e. The molecule has 0 spiro atoms. The summed E-state index contributed by atoms with van der Waals surface area (Å²) in [7, 11) is -2.11. The molecule has 0 radical (unpaired) electrons. The predicted octanol–water partition coefficient (Wildman–Crippen LogP) is 0.438. The van der Waals surface area contributed by atoms with Crippen molar-refractivity contribution in [3.05, 3.63) is 29.8 Å². The number of carbonyl (C=O) groups excluding carboxylic acids is 1. The maximum atomic E-state index is 12.3. The molecule has 20 heavy (non-hydrogen) atoms. The van der Waals surface area contributed by atoms with Gasteiger partial charge in [-0.15, -0.1) is 0 Å². The van der Waals surface area contributed by atoms with Crippen molar-refractivity contribution in [3.63, 3.8) is 0 Å². The van der Waals surface area contributed by atoms with Gasteiger partial charge in [0.2, 0.25) is 10.0 Å². The molecule has 0 atom stereocenters. The molecule has 0 fully saturated rings. The molecule has 0 aliphatic carbocycles. The largest absolute Gasteiger partial charge is 0.395 e. The number of nitrogens with one attached hydrogen (secondary N) is 1. The van der Waals surface area contributed by atoms with Gasteiger partial charge in [0, 0.05) is 25.2 Å². The zero-order valence-corrected chi connectivity index (χ0v) is 12.6. The second-order valence-corrected chi connectivity index (χ2v) is 6.62. The van der Waals surface area contributed by atoms with Gasteiger partial charge in [0.25, 0.3) is 5.91 Å². The van der Waals surface area contributed by atoms with Crippen molar-refractivity contribution in [3.8, 4) is 0 Å². The summed E-state index contributed by atoms with van der Waals surface area (Å²) in [4.78, 5) is 11.8. The second kappa shape index (κ2) is 6.83. The summed E-state index contributed by atoms with van der Waals surface area (Å²) >= 11 is 0. The molecule has 2 N–H and O–H groups in total. The van der Waals surface area contributed by atoms with Crippen LogP contribution in [0.15, 0.2) is 29.2 Å². The van der Waals surface area contributed by atoms with Gasteiger partial charge in [-0.2, -0.15) is 4.31 Å². The molecule has 1 aromatic carbocycles. The molecular formula is C13H20N2O4S. The molecule has 0 saturated heterocycles. The number of aliphatic hydroxyl groups is 1. The van der Waals surface area contributed by atoms with Crippen LogP contribution < -0.4 is 5.32 Å². The van der Waals surface area contributed by atoms with Crippen LogP contribution in [-0.4, -0.2) is 50.0 Å². The van der Waals surface area contributed by atoms with Crippen LogP contribution in [0.2, 0.25) is 0 Å². The first-order valence-corrected chi connectivity index (χ1v) is 7.72. The van der Waals surface area contributed by atoms with Gasteiger partial charge >= 0.3 is 0 Å². The first-order valence-electron chi connectivity index (χ1n) is 6.28. The topological polar surface area (TPSA) is 86.7 Å². The lowest BCUT2D eigenvalue weighted by molar-refractivity contribution is 0.0944. The van der Waals surface area contributed by atoms with Gasteiger partial charge < -0.3 is 10.4 Å². The van der Waals surface area contributed by atoms with Crippen LogP contribution in [0.1, 0.15) is 24.2 Å². The van der Waals surface area contributed by atoms with E-state index in [4.69, 9.17) is 5.11 Å². The van der Waals surface area contributed by atoms with E-state index in [0.717, 1.165) is 0 Å². The Labute approximate surface area is 119 Å². The molecule has 0 unspecified atom stereocenters. The Kier molecular flexibility index (Phi) is 5.67. The Morgan fingerprint density at radius 3 is 2.60 bits per heavy atom. The SMILES string of the molecule is CC(C)N(C)S(=O)(=O)c1cccc(C(=O)NCCO)c1. The molecule has 1 amide bonds. The average Bonchev–Trinajstić information content (AvgIpc) is 2.43. The van der Waals surface area contributed by atoms with Gasteiger partial charge in [0.1, 0.15) is 0 Å². The molecule has 0 aromatic heterocycles. The fourth-order valence-electron chi connectivity index (χ4n) is 1.51. The van der Waals surface area contributed by atoms with Gasteiger partial charge in [-0.1, -0.05) is 6.07 Å². The normalized spacial score (nSPS) is 11.9. The summed E-state index contributed by atoms with van der Waals surface area (Å²) in [6.07, 6.45) is 0. The number of sulfonamides is 1. The molecule has 0 saturated carbocycles. The predicted molar refractivity (Wildman–Crippen MR) is 75.9 cm³/mol. The number of benzene rings is 1. The Morgan fingerprint density at radius 2 is 2.05 bits per heavy atom. The van der Waals surface area contributed by atoms with E-state index in [0.29, 0.717) is 0 Å². The van der Waals surface area contributed by atoms with Crippen LogP contribution in [0, 0.1) is 0 Å². The highest BCUT2D eigenvalue weighted by molar-refractivity contribution is 7.89. The van der Waals surface area contributed by atoms with Gasteiger partial charge in [-0.25, -0.2) is 8.42 Å². The summed E-state index contributed by atoms with van der Waals surface area (Å²) in [6.45, 7) is 3.51.